The van der Waals surface area contributed by atoms with Crippen molar-refractivity contribution in [2.24, 2.45) is 5.41 Å². The molecule has 1 aliphatic rings. The maximum atomic E-state index is 13.6. The number of carbonyl (C=O) groups excluding carboxylic acids is 2. The highest BCUT2D eigenvalue weighted by Crippen LogP contribution is 2.45. The van der Waals surface area contributed by atoms with Gasteiger partial charge in [-0.3, -0.25) is 9.59 Å². The number of pyridine rings is 1. The van der Waals surface area contributed by atoms with Crippen molar-refractivity contribution in [2.45, 2.75) is 31.9 Å². The van der Waals surface area contributed by atoms with E-state index in [1.54, 1.807) is 37.4 Å². The van der Waals surface area contributed by atoms with E-state index in [0.29, 0.717) is 35.4 Å². The summed E-state index contributed by atoms with van der Waals surface area (Å²) >= 11 is 0. The minimum atomic E-state index is -4.44. The first-order valence-electron chi connectivity index (χ1n) is 13.4. The van der Waals surface area contributed by atoms with E-state index in [0.717, 1.165) is 12.8 Å². The number of fused-ring (bicyclic) bond motifs is 1. The van der Waals surface area contributed by atoms with Gasteiger partial charge in [0.05, 0.1) is 23.3 Å². The van der Waals surface area contributed by atoms with Crippen LogP contribution in [-0.2, 0) is 11.2 Å². The third-order valence-electron chi connectivity index (χ3n) is 7.43. The Hall–Kier alpha value is -4.25. The van der Waals surface area contributed by atoms with E-state index < -0.39 is 30.7 Å². The van der Waals surface area contributed by atoms with Gasteiger partial charge in [-0.2, -0.15) is 13.2 Å². The van der Waals surface area contributed by atoms with Crippen LogP contribution in [0.4, 0.5) is 17.6 Å². The minimum absolute atomic E-state index is 0.0318. The largest absolute Gasteiger partial charge is 0.437 e. The summed E-state index contributed by atoms with van der Waals surface area (Å²) < 4.78 is 64.6. The average molecular weight is 584 g/mol. The van der Waals surface area contributed by atoms with Crippen LogP contribution in [0.1, 0.15) is 45.7 Å². The highest BCUT2D eigenvalue weighted by atomic mass is 19.4. The molecule has 1 fully saturated rings. The molecule has 2 aromatic heterocycles. The van der Waals surface area contributed by atoms with Gasteiger partial charge >= 0.3 is 6.18 Å². The lowest BCUT2D eigenvalue weighted by atomic mass is 9.96. The van der Waals surface area contributed by atoms with Crippen molar-refractivity contribution in [3.8, 4) is 22.5 Å². The zero-order valence-electron chi connectivity index (χ0n) is 23.0. The van der Waals surface area contributed by atoms with Crippen LogP contribution in [0.15, 0.2) is 59.0 Å². The topological polar surface area (TPSA) is 93.5 Å². The number of amides is 2. The molecule has 5 rings (SSSR count). The van der Waals surface area contributed by atoms with Crippen molar-refractivity contribution in [1.82, 2.24) is 15.6 Å². The Morgan fingerprint density at radius 1 is 1.05 bits per heavy atom. The molecule has 0 atom stereocenters. The van der Waals surface area contributed by atoms with Gasteiger partial charge in [-0.05, 0) is 67.3 Å². The van der Waals surface area contributed by atoms with Crippen molar-refractivity contribution in [3.63, 3.8) is 0 Å². The third-order valence-corrected chi connectivity index (χ3v) is 7.43. The maximum absolute atomic E-state index is 13.6. The van der Waals surface area contributed by atoms with Crippen LogP contribution in [-0.4, -0.2) is 50.3 Å². The van der Waals surface area contributed by atoms with Crippen LogP contribution in [0.2, 0.25) is 0 Å². The quantitative estimate of drug-likeness (QED) is 0.214. The predicted octanol–water partition coefficient (Wildman–Crippen LogP) is 6.31. The Bertz CT molecular complexity index is 1630. The molecule has 2 aromatic carbocycles. The molecule has 0 spiro atoms. The molecule has 2 heterocycles. The molecule has 0 bridgehead atoms. The second-order valence-corrected chi connectivity index (χ2v) is 10.5. The molecule has 4 aromatic rings. The van der Waals surface area contributed by atoms with E-state index >= 15 is 0 Å². The molecule has 7 nitrogen and oxygen atoms in total. The Balaban J connectivity index is 1.59. The number of furan rings is 1. The second kappa shape index (κ2) is 11.6. The van der Waals surface area contributed by atoms with Crippen molar-refractivity contribution >= 4 is 22.9 Å². The summed E-state index contributed by atoms with van der Waals surface area (Å²) in [6, 6.07) is 13.4. The number of aryl methyl sites for hydroxylation is 1. The maximum Gasteiger partial charge on any atom is 0.389 e. The number of methoxy groups -OCH3 is 1. The molecule has 0 aliphatic heterocycles. The van der Waals surface area contributed by atoms with Gasteiger partial charge in [0.15, 0.2) is 0 Å². The number of carbonyl (C=O) groups is 2. The molecule has 11 heteroatoms. The van der Waals surface area contributed by atoms with Crippen LogP contribution >= 0.6 is 0 Å². The van der Waals surface area contributed by atoms with E-state index in [1.165, 1.54) is 31.3 Å². The Labute approximate surface area is 239 Å². The zero-order chi connectivity index (χ0) is 30.1. The lowest BCUT2D eigenvalue weighted by Crippen LogP contribution is -2.32. The predicted molar refractivity (Wildman–Crippen MR) is 148 cm³/mol. The number of benzene rings is 2. The summed E-state index contributed by atoms with van der Waals surface area (Å²) in [5.41, 5.74) is 1.61. The first kappa shape index (κ1) is 29.2. The minimum Gasteiger partial charge on any atom is -0.437 e. The standard InChI is InChI=1S/C31H29F4N3O4/c1-36-28(40)25-23-15-22(19-4-3-5-20(14-19)27(39)37-16-30(12-13-30)17-41-2)24(10-11-31(33,34)35)38-29(23)42-26(25)18-6-8-21(32)9-7-18/h3-9,14-15H,10-13,16-17H2,1-2H3,(H,36,40)(H,37,39). The van der Waals surface area contributed by atoms with E-state index in [2.05, 4.69) is 15.6 Å². The van der Waals surface area contributed by atoms with E-state index in [9.17, 15) is 27.2 Å². The molecule has 1 aliphatic carbocycles. The van der Waals surface area contributed by atoms with Crippen molar-refractivity contribution in [3.05, 3.63) is 77.2 Å². The van der Waals surface area contributed by atoms with E-state index in [4.69, 9.17) is 9.15 Å². The summed E-state index contributed by atoms with van der Waals surface area (Å²) in [7, 11) is 3.05. The number of nitrogens with one attached hydrogen (secondary N) is 2. The van der Waals surface area contributed by atoms with Crippen LogP contribution in [0.3, 0.4) is 0 Å². The molecular weight excluding hydrogens is 554 g/mol. The summed E-state index contributed by atoms with van der Waals surface area (Å²) in [4.78, 5) is 30.5. The first-order chi connectivity index (χ1) is 20.0. The van der Waals surface area contributed by atoms with Gasteiger partial charge < -0.3 is 19.8 Å². The third kappa shape index (κ3) is 6.30. The number of hydrogen-bond donors (Lipinski definition) is 2. The van der Waals surface area contributed by atoms with E-state index in [1.807, 2.05) is 0 Å². The summed E-state index contributed by atoms with van der Waals surface area (Å²) in [6.07, 6.45) is -4.12. The van der Waals surface area contributed by atoms with Crippen LogP contribution < -0.4 is 10.6 Å². The number of halogens is 4. The van der Waals surface area contributed by atoms with Gasteiger partial charge in [0.1, 0.15) is 11.6 Å². The van der Waals surface area contributed by atoms with Crippen LogP contribution in [0, 0.1) is 11.2 Å². The first-order valence-corrected chi connectivity index (χ1v) is 13.4. The van der Waals surface area contributed by atoms with Gasteiger partial charge in [0.25, 0.3) is 11.8 Å². The van der Waals surface area contributed by atoms with Crippen LogP contribution in [0.5, 0.6) is 0 Å². The molecule has 42 heavy (non-hydrogen) atoms. The summed E-state index contributed by atoms with van der Waals surface area (Å²) in [5, 5.41) is 5.75. The van der Waals surface area contributed by atoms with E-state index in [-0.39, 0.29) is 39.4 Å². The van der Waals surface area contributed by atoms with Gasteiger partial charge in [-0.25, -0.2) is 9.37 Å². The number of ether oxygens (including phenoxy) is 1. The zero-order valence-corrected chi connectivity index (χ0v) is 23.0. The van der Waals surface area contributed by atoms with Crippen molar-refractivity contribution in [2.75, 3.05) is 27.3 Å². The summed E-state index contributed by atoms with van der Waals surface area (Å²) in [5.74, 6) is -1.21. The van der Waals surface area contributed by atoms with Gasteiger partial charge in [-0.15, -0.1) is 0 Å². The fourth-order valence-corrected chi connectivity index (χ4v) is 4.97. The number of hydrogen-bond acceptors (Lipinski definition) is 5. The lowest BCUT2D eigenvalue weighted by molar-refractivity contribution is -0.134. The normalized spacial score (nSPS) is 14.1. The number of rotatable bonds is 10. The smallest absolute Gasteiger partial charge is 0.389 e. The lowest BCUT2D eigenvalue weighted by Gasteiger charge is -2.15. The van der Waals surface area contributed by atoms with Gasteiger partial charge in [0, 0.05) is 49.2 Å². The van der Waals surface area contributed by atoms with Gasteiger partial charge in [0.2, 0.25) is 5.71 Å². The second-order valence-electron chi connectivity index (χ2n) is 10.5. The molecule has 0 saturated heterocycles. The number of alkyl halides is 3. The average Bonchev–Trinajstić information content (AvgIpc) is 3.64. The number of nitrogens with zero attached hydrogens (tertiary/aromatic N) is 1. The highest BCUT2D eigenvalue weighted by molar-refractivity contribution is 6.11. The molecule has 220 valence electrons. The van der Waals surface area contributed by atoms with Crippen molar-refractivity contribution < 1.29 is 36.3 Å². The number of aromatic nitrogens is 1. The Morgan fingerprint density at radius 3 is 2.43 bits per heavy atom. The monoisotopic (exact) mass is 583 g/mol. The molecule has 0 unspecified atom stereocenters. The molecule has 0 radical (unpaired) electrons. The van der Waals surface area contributed by atoms with Gasteiger partial charge in [-0.1, -0.05) is 12.1 Å². The Kier molecular flexibility index (Phi) is 8.05. The molecule has 1 saturated carbocycles. The molecule has 2 N–H and O–H groups in total. The molecular formula is C31H29F4N3O4. The van der Waals surface area contributed by atoms with Crippen molar-refractivity contribution in [1.29, 1.82) is 0 Å². The highest BCUT2D eigenvalue weighted by Gasteiger charge is 2.42. The molecule has 2 amide bonds. The summed E-state index contributed by atoms with van der Waals surface area (Å²) in [6.45, 7) is 0.991. The Morgan fingerprint density at radius 2 is 1.79 bits per heavy atom. The van der Waals surface area contributed by atoms with Crippen LogP contribution in [0.25, 0.3) is 33.6 Å². The fourth-order valence-electron chi connectivity index (χ4n) is 4.97. The fraction of sp³-hybridized carbons (Fsp3) is 0.323. The SMILES string of the molecule is CNC(=O)c1c(-c2ccc(F)cc2)oc2nc(CCC(F)(F)F)c(-c3cccc(C(=O)NCC4(COC)CC4)c3)cc12.